The molecule has 0 saturated heterocycles. The quantitative estimate of drug-likeness (QED) is 0.622. The van der Waals surface area contributed by atoms with Gasteiger partial charge in [0.05, 0.1) is 5.38 Å². The minimum atomic E-state index is 0.176. The molecule has 0 radical (unpaired) electrons. The van der Waals surface area contributed by atoms with Crippen molar-refractivity contribution in [1.29, 1.82) is 0 Å². The van der Waals surface area contributed by atoms with E-state index < -0.39 is 0 Å². The molecule has 1 aliphatic carbocycles. The number of hydrogen-bond donors (Lipinski definition) is 0. The second-order valence-corrected chi connectivity index (χ2v) is 6.02. The van der Waals surface area contributed by atoms with Crippen molar-refractivity contribution in [3.05, 3.63) is 34.9 Å². The van der Waals surface area contributed by atoms with Gasteiger partial charge in [-0.05, 0) is 43.2 Å². The van der Waals surface area contributed by atoms with Gasteiger partial charge in [0.2, 0.25) is 0 Å². The van der Waals surface area contributed by atoms with Crippen LogP contribution in [0.5, 0.6) is 0 Å². The van der Waals surface area contributed by atoms with Gasteiger partial charge in [-0.2, -0.15) is 0 Å². The summed E-state index contributed by atoms with van der Waals surface area (Å²) in [5.74, 6) is 0. The Hall–Kier alpha value is -0.490. The number of hydrogen-bond acceptors (Lipinski definition) is 0. The van der Waals surface area contributed by atoms with Gasteiger partial charge in [-0.15, -0.1) is 11.6 Å². The summed E-state index contributed by atoms with van der Waals surface area (Å²) in [5, 5.41) is 0.176. The highest BCUT2D eigenvalue weighted by Crippen LogP contribution is 2.51. The van der Waals surface area contributed by atoms with E-state index in [-0.39, 0.29) is 5.38 Å². The normalized spacial score (nSPS) is 21.0. The van der Waals surface area contributed by atoms with Crippen molar-refractivity contribution >= 4 is 11.6 Å². The zero-order valence-corrected chi connectivity index (χ0v) is 11.3. The van der Waals surface area contributed by atoms with Crippen LogP contribution in [-0.4, -0.2) is 0 Å². The van der Waals surface area contributed by atoms with E-state index in [9.17, 15) is 0 Å². The molecule has 1 heteroatoms. The van der Waals surface area contributed by atoms with Crippen LogP contribution in [0.4, 0.5) is 0 Å². The molecule has 0 N–H and O–H groups in total. The minimum absolute atomic E-state index is 0.176. The third kappa shape index (κ3) is 2.13. The van der Waals surface area contributed by atoms with Crippen molar-refractivity contribution in [2.75, 3.05) is 0 Å². The SMILES string of the molecule is Cc1ccc(C)c(C(Cl)C2(C)CCCC2)c1. The molecule has 1 unspecified atom stereocenters. The summed E-state index contributed by atoms with van der Waals surface area (Å²) in [4.78, 5) is 0. The Morgan fingerprint density at radius 3 is 2.44 bits per heavy atom. The van der Waals surface area contributed by atoms with Gasteiger partial charge >= 0.3 is 0 Å². The number of halogens is 1. The minimum Gasteiger partial charge on any atom is -0.117 e. The molecule has 0 aromatic heterocycles. The Kier molecular flexibility index (Phi) is 3.30. The van der Waals surface area contributed by atoms with Gasteiger partial charge < -0.3 is 0 Å². The zero-order chi connectivity index (χ0) is 11.8. The van der Waals surface area contributed by atoms with Crippen LogP contribution in [0.15, 0.2) is 18.2 Å². The van der Waals surface area contributed by atoms with Crippen LogP contribution >= 0.6 is 11.6 Å². The van der Waals surface area contributed by atoms with E-state index in [1.807, 2.05) is 0 Å². The molecule has 16 heavy (non-hydrogen) atoms. The highest BCUT2D eigenvalue weighted by atomic mass is 35.5. The zero-order valence-electron chi connectivity index (χ0n) is 10.5. The van der Waals surface area contributed by atoms with Crippen LogP contribution in [0.25, 0.3) is 0 Å². The molecule has 88 valence electrons. The maximum atomic E-state index is 6.73. The van der Waals surface area contributed by atoms with Gasteiger partial charge in [0.25, 0.3) is 0 Å². The van der Waals surface area contributed by atoms with Gasteiger partial charge in [0.15, 0.2) is 0 Å². The van der Waals surface area contributed by atoms with Crippen molar-refractivity contribution in [2.45, 2.75) is 51.8 Å². The van der Waals surface area contributed by atoms with E-state index in [4.69, 9.17) is 11.6 Å². The fourth-order valence-electron chi connectivity index (χ4n) is 2.84. The number of benzene rings is 1. The molecule has 0 bridgehead atoms. The molecule has 1 fully saturated rings. The Bertz CT molecular complexity index is 375. The maximum Gasteiger partial charge on any atom is 0.0641 e. The van der Waals surface area contributed by atoms with Crippen molar-refractivity contribution in [3.8, 4) is 0 Å². The molecule has 0 aliphatic heterocycles. The summed E-state index contributed by atoms with van der Waals surface area (Å²) in [5.41, 5.74) is 4.29. The van der Waals surface area contributed by atoms with Crippen molar-refractivity contribution in [3.63, 3.8) is 0 Å². The first-order valence-electron chi connectivity index (χ1n) is 6.24. The largest absolute Gasteiger partial charge is 0.117 e. The lowest BCUT2D eigenvalue weighted by Gasteiger charge is -2.31. The molecular formula is C15H21Cl. The molecule has 2 rings (SSSR count). The van der Waals surface area contributed by atoms with Gasteiger partial charge in [-0.1, -0.05) is 43.5 Å². The molecule has 1 atom stereocenters. The van der Waals surface area contributed by atoms with E-state index in [2.05, 4.69) is 39.0 Å². The van der Waals surface area contributed by atoms with Crippen LogP contribution in [-0.2, 0) is 0 Å². The molecule has 1 aromatic carbocycles. The molecule has 0 nitrogen and oxygen atoms in total. The van der Waals surface area contributed by atoms with E-state index in [0.717, 1.165) is 0 Å². The second-order valence-electron chi connectivity index (χ2n) is 5.58. The van der Waals surface area contributed by atoms with Gasteiger partial charge in [-0.3, -0.25) is 0 Å². The topological polar surface area (TPSA) is 0 Å². The summed E-state index contributed by atoms with van der Waals surface area (Å²) in [6.45, 7) is 6.66. The smallest absolute Gasteiger partial charge is 0.0641 e. The highest BCUT2D eigenvalue weighted by molar-refractivity contribution is 6.21. The Labute approximate surface area is 104 Å². The third-order valence-electron chi connectivity index (χ3n) is 4.07. The summed E-state index contributed by atoms with van der Waals surface area (Å²) >= 11 is 6.73. The first kappa shape index (κ1) is 12.0. The van der Waals surface area contributed by atoms with Crippen molar-refractivity contribution in [2.24, 2.45) is 5.41 Å². The Morgan fingerprint density at radius 1 is 1.19 bits per heavy atom. The summed E-state index contributed by atoms with van der Waals surface area (Å²) in [6.07, 6.45) is 5.22. The summed E-state index contributed by atoms with van der Waals surface area (Å²) in [7, 11) is 0. The first-order valence-corrected chi connectivity index (χ1v) is 6.68. The van der Waals surface area contributed by atoms with E-state index in [1.165, 1.54) is 42.4 Å². The monoisotopic (exact) mass is 236 g/mol. The predicted molar refractivity (Wildman–Crippen MR) is 71.1 cm³/mol. The van der Waals surface area contributed by atoms with Crippen LogP contribution in [0.1, 0.15) is 54.7 Å². The lowest BCUT2D eigenvalue weighted by atomic mass is 9.80. The first-order chi connectivity index (χ1) is 7.53. The summed E-state index contributed by atoms with van der Waals surface area (Å²) < 4.78 is 0. The average molecular weight is 237 g/mol. The number of alkyl halides is 1. The fourth-order valence-corrected chi connectivity index (χ4v) is 3.30. The molecule has 0 heterocycles. The lowest BCUT2D eigenvalue weighted by molar-refractivity contribution is 0.321. The van der Waals surface area contributed by atoms with Crippen LogP contribution < -0.4 is 0 Å². The lowest BCUT2D eigenvalue weighted by Crippen LogP contribution is -2.18. The van der Waals surface area contributed by atoms with Gasteiger partial charge in [-0.25, -0.2) is 0 Å². The van der Waals surface area contributed by atoms with E-state index in [1.54, 1.807) is 0 Å². The highest BCUT2D eigenvalue weighted by Gasteiger charge is 2.37. The van der Waals surface area contributed by atoms with Gasteiger partial charge in [0.1, 0.15) is 0 Å². The predicted octanol–water partition coefficient (Wildman–Crippen LogP) is 5.16. The molecular weight excluding hydrogens is 216 g/mol. The summed E-state index contributed by atoms with van der Waals surface area (Å²) in [6, 6.07) is 6.62. The van der Waals surface area contributed by atoms with E-state index >= 15 is 0 Å². The second kappa shape index (κ2) is 4.41. The molecule has 0 spiro atoms. The van der Waals surface area contributed by atoms with Crippen LogP contribution in [0.2, 0.25) is 0 Å². The van der Waals surface area contributed by atoms with Crippen molar-refractivity contribution < 1.29 is 0 Å². The van der Waals surface area contributed by atoms with Gasteiger partial charge in [0, 0.05) is 0 Å². The Balaban J connectivity index is 2.32. The standard InChI is InChI=1S/C15H21Cl/c1-11-6-7-12(2)13(10-11)14(16)15(3)8-4-5-9-15/h6-7,10,14H,4-5,8-9H2,1-3H3. The van der Waals surface area contributed by atoms with Crippen LogP contribution in [0.3, 0.4) is 0 Å². The number of aryl methyl sites for hydroxylation is 2. The average Bonchev–Trinajstić information content (AvgIpc) is 2.69. The Morgan fingerprint density at radius 2 is 1.81 bits per heavy atom. The third-order valence-corrected chi connectivity index (χ3v) is 4.83. The maximum absolute atomic E-state index is 6.73. The number of rotatable bonds is 2. The molecule has 1 aliphatic rings. The molecule has 1 aromatic rings. The molecule has 0 amide bonds. The van der Waals surface area contributed by atoms with Crippen molar-refractivity contribution in [1.82, 2.24) is 0 Å². The van der Waals surface area contributed by atoms with E-state index in [0.29, 0.717) is 5.41 Å². The van der Waals surface area contributed by atoms with Crippen LogP contribution in [0, 0.1) is 19.3 Å². The molecule has 1 saturated carbocycles. The fraction of sp³-hybridized carbons (Fsp3) is 0.600.